The molecule has 7 nitrogen and oxygen atoms in total. The van der Waals surface area contributed by atoms with Crippen molar-refractivity contribution in [3.05, 3.63) is 53.9 Å². The van der Waals surface area contributed by atoms with Gasteiger partial charge in [-0.3, -0.25) is 14.3 Å². The van der Waals surface area contributed by atoms with Crippen molar-refractivity contribution in [2.24, 2.45) is 7.05 Å². The molecule has 0 spiro atoms. The zero-order valence-corrected chi connectivity index (χ0v) is 15.5. The molecule has 138 valence electrons. The molecular weight excluding hydrogens is 332 g/mol. The van der Waals surface area contributed by atoms with Crippen LogP contribution in [-0.4, -0.2) is 46.7 Å². The Morgan fingerprint density at radius 1 is 1.35 bits per heavy atom. The molecule has 1 heterocycles. The Morgan fingerprint density at radius 2 is 2.04 bits per heavy atom. The highest BCUT2D eigenvalue weighted by Gasteiger charge is 2.19. The van der Waals surface area contributed by atoms with Crippen LogP contribution < -0.4 is 10.1 Å². The van der Waals surface area contributed by atoms with Crippen LogP contribution in [0.2, 0.25) is 0 Å². The van der Waals surface area contributed by atoms with E-state index in [4.69, 9.17) is 4.74 Å². The molecule has 0 saturated heterocycles. The summed E-state index contributed by atoms with van der Waals surface area (Å²) in [5.74, 6) is 0.263. The summed E-state index contributed by atoms with van der Waals surface area (Å²) in [5, 5.41) is 6.76. The molecule has 0 aliphatic rings. The number of hydrogen-bond donors (Lipinski definition) is 1. The van der Waals surface area contributed by atoms with Crippen molar-refractivity contribution in [3.8, 4) is 5.75 Å². The van der Waals surface area contributed by atoms with E-state index in [1.54, 1.807) is 42.9 Å². The molecule has 0 saturated carbocycles. The molecule has 26 heavy (non-hydrogen) atoms. The second kappa shape index (κ2) is 8.84. The van der Waals surface area contributed by atoms with Crippen LogP contribution in [0.15, 0.2) is 42.7 Å². The maximum absolute atomic E-state index is 12.4. The number of likely N-dealkylation sites (N-methyl/N-ethyl adjacent to an activating group) is 1. The van der Waals surface area contributed by atoms with Gasteiger partial charge < -0.3 is 15.0 Å². The van der Waals surface area contributed by atoms with E-state index >= 15 is 0 Å². The lowest BCUT2D eigenvalue weighted by atomic mass is 10.2. The predicted molar refractivity (Wildman–Crippen MR) is 99.3 cm³/mol. The Bertz CT molecular complexity index is 780. The first-order chi connectivity index (χ1) is 12.4. The minimum absolute atomic E-state index is 0.167. The van der Waals surface area contributed by atoms with E-state index < -0.39 is 6.04 Å². The fourth-order valence-electron chi connectivity index (χ4n) is 2.45. The summed E-state index contributed by atoms with van der Waals surface area (Å²) in [7, 11) is 5.12. The summed E-state index contributed by atoms with van der Waals surface area (Å²) in [5.41, 5.74) is 1.80. The molecule has 2 amide bonds. The Hall–Kier alpha value is -3.09. The average Bonchev–Trinajstić information content (AvgIpc) is 3.04. The van der Waals surface area contributed by atoms with Crippen molar-refractivity contribution >= 4 is 17.9 Å². The maximum atomic E-state index is 12.4. The molecule has 1 unspecified atom stereocenters. The van der Waals surface area contributed by atoms with Gasteiger partial charge in [-0.2, -0.15) is 5.10 Å². The van der Waals surface area contributed by atoms with E-state index in [2.05, 4.69) is 10.4 Å². The summed E-state index contributed by atoms with van der Waals surface area (Å²) in [6.45, 7) is 2.11. The molecule has 2 rings (SSSR count). The lowest BCUT2D eigenvalue weighted by molar-refractivity contribution is -0.134. The van der Waals surface area contributed by atoms with Gasteiger partial charge in [0.15, 0.2) is 0 Å². The predicted octanol–water partition coefficient (Wildman–Crippen LogP) is 1.61. The van der Waals surface area contributed by atoms with Crippen molar-refractivity contribution in [3.63, 3.8) is 0 Å². The van der Waals surface area contributed by atoms with Crippen LogP contribution in [0.1, 0.15) is 18.1 Å². The summed E-state index contributed by atoms with van der Waals surface area (Å²) in [4.78, 5) is 26.0. The SMILES string of the molecule is COc1ccc(/C=C/C(=O)NC(C)C(=O)N(C)Cc2cnn(C)c2)cc1. The van der Waals surface area contributed by atoms with Crippen LogP contribution >= 0.6 is 0 Å². The number of aromatic nitrogens is 2. The molecule has 0 aliphatic heterocycles. The summed E-state index contributed by atoms with van der Waals surface area (Å²) in [6, 6.07) is 6.70. The van der Waals surface area contributed by atoms with Gasteiger partial charge >= 0.3 is 0 Å². The molecule has 2 aromatic rings. The van der Waals surface area contributed by atoms with Gasteiger partial charge in [0.25, 0.3) is 0 Å². The fourth-order valence-corrected chi connectivity index (χ4v) is 2.45. The first-order valence-corrected chi connectivity index (χ1v) is 8.24. The van der Waals surface area contributed by atoms with Crippen molar-refractivity contribution in [1.82, 2.24) is 20.0 Å². The number of methoxy groups -OCH3 is 1. The van der Waals surface area contributed by atoms with Gasteiger partial charge in [0.05, 0.1) is 13.3 Å². The number of hydrogen-bond acceptors (Lipinski definition) is 4. The van der Waals surface area contributed by atoms with Gasteiger partial charge in [-0.1, -0.05) is 12.1 Å². The number of aryl methyl sites for hydroxylation is 1. The molecule has 1 aromatic heterocycles. The number of ether oxygens (including phenoxy) is 1. The quantitative estimate of drug-likeness (QED) is 0.765. The van der Waals surface area contributed by atoms with Crippen molar-refractivity contribution < 1.29 is 14.3 Å². The summed E-state index contributed by atoms with van der Waals surface area (Å²) < 4.78 is 6.77. The van der Waals surface area contributed by atoms with Crippen LogP contribution in [0.3, 0.4) is 0 Å². The molecule has 1 atom stereocenters. The fraction of sp³-hybridized carbons (Fsp3) is 0.316. The van der Waals surface area contributed by atoms with Gasteiger partial charge in [0, 0.05) is 38.5 Å². The number of carbonyl (C=O) groups is 2. The summed E-state index contributed by atoms with van der Waals surface area (Å²) in [6.07, 6.45) is 6.66. The molecule has 1 aromatic carbocycles. The Balaban J connectivity index is 1.86. The molecule has 0 aliphatic carbocycles. The van der Waals surface area contributed by atoms with E-state index in [-0.39, 0.29) is 11.8 Å². The third-order valence-corrected chi connectivity index (χ3v) is 3.83. The van der Waals surface area contributed by atoms with Crippen LogP contribution in [0.4, 0.5) is 0 Å². The highest BCUT2D eigenvalue weighted by atomic mass is 16.5. The maximum Gasteiger partial charge on any atom is 0.244 e. The minimum atomic E-state index is -0.621. The van der Waals surface area contributed by atoms with Gasteiger partial charge in [0.1, 0.15) is 11.8 Å². The molecule has 7 heteroatoms. The highest BCUT2D eigenvalue weighted by Crippen LogP contribution is 2.12. The lowest BCUT2D eigenvalue weighted by Gasteiger charge is -2.21. The zero-order chi connectivity index (χ0) is 19.1. The van der Waals surface area contributed by atoms with Crippen molar-refractivity contribution in [2.45, 2.75) is 19.5 Å². The minimum Gasteiger partial charge on any atom is -0.497 e. The second-order valence-corrected chi connectivity index (χ2v) is 6.05. The van der Waals surface area contributed by atoms with E-state index in [1.807, 2.05) is 37.5 Å². The molecular formula is C19H24N4O3. The van der Waals surface area contributed by atoms with Crippen molar-refractivity contribution in [2.75, 3.05) is 14.2 Å². The van der Waals surface area contributed by atoms with E-state index in [0.29, 0.717) is 6.54 Å². The zero-order valence-electron chi connectivity index (χ0n) is 15.5. The Kier molecular flexibility index (Phi) is 6.54. The first kappa shape index (κ1) is 19.2. The van der Waals surface area contributed by atoms with Gasteiger partial charge in [-0.25, -0.2) is 0 Å². The van der Waals surface area contributed by atoms with Gasteiger partial charge in [0.2, 0.25) is 11.8 Å². The lowest BCUT2D eigenvalue weighted by Crippen LogP contribution is -2.44. The topological polar surface area (TPSA) is 76.5 Å². The van der Waals surface area contributed by atoms with Crippen LogP contribution in [0.25, 0.3) is 6.08 Å². The molecule has 0 radical (unpaired) electrons. The van der Waals surface area contributed by atoms with Crippen LogP contribution in [-0.2, 0) is 23.2 Å². The monoisotopic (exact) mass is 356 g/mol. The molecule has 0 bridgehead atoms. The second-order valence-electron chi connectivity index (χ2n) is 6.05. The number of rotatable bonds is 7. The van der Waals surface area contributed by atoms with E-state index in [9.17, 15) is 9.59 Å². The third-order valence-electron chi connectivity index (χ3n) is 3.83. The number of benzene rings is 1. The number of amides is 2. The number of nitrogens with zero attached hydrogens (tertiary/aromatic N) is 3. The number of carbonyl (C=O) groups excluding carboxylic acids is 2. The smallest absolute Gasteiger partial charge is 0.244 e. The van der Waals surface area contributed by atoms with E-state index in [0.717, 1.165) is 16.9 Å². The first-order valence-electron chi connectivity index (χ1n) is 8.24. The van der Waals surface area contributed by atoms with Gasteiger partial charge in [-0.15, -0.1) is 0 Å². The van der Waals surface area contributed by atoms with Crippen LogP contribution in [0, 0.1) is 0 Å². The largest absolute Gasteiger partial charge is 0.497 e. The van der Waals surface area contributed by atoms with Crippen LogP contribution in [0.5, 0.6) is 5.75 Å². The standard InChI is InChI=1S/C19H24N4O3/c1-14(19(25)22(2)12-16-11-20-23(3)13-16)21-18(24)10-7-15-5-8-17(26-4)9-6-15/h5-11,13-14H,12H2,1-4H3,(H,21,24)/b10-7+. The Labute approximate surface area is 153 Å². The normalized spacial score (nSPS) is 12.0. The highest BCUT2D eigenvalue weighted by molar-refractivity contribution is 5.95. The molecule has 1 N–H and O–H groups in total. The van der Waals surface area contributed by atoms with Crippen molar-refractivity contribution in [1.29, 1.82) is 0 Å². The number of nitrogens with one attached hydrogen (secondary N) is 1. The molecule has 0 fully saturated rings. The Morgan fingerprint density at radius 3 is 2.62 bits per heavy atom. The summed E-state index contributed by atoms with van der Waals surface area (Å²) >= 11 is 0. The third kappa shape index (κ3) is 5.47. The van der Waals surface area contributed by atoms with Gasteiger partial charge in [-0.05, 0) is 30.7 Å². The van der Waals surface area contributed by atoms with E-state index in [1.165, 1.54) is 6.08 Å². The average molecular weight is 356 g/mol.